The fourth-order valence-corrected chi connectivity index (χ4v) is 7.01. The van der Waals surface area contributed by atoms with Crippen LogP contribution in [0.5, 0.6) is 0 Å². The van der Waals surface area contributed by atoms with Crippen LogP contribution in [0, 0.1) is 25.7 Å². The molecule has 1 spiro atoms. The summed E-state index contributed by atoms with van der Waals surface area (Å²) in [5.41, 5.74) is 2.65. The Labute approximate surface area is 233 Å². The number of rotatable bonds is 7. The molecular formula is C32H33N3O5. The van der Waals surface area contributed by atoms with Crippen molar-refractivity contribution in [3.05, 3.63) is 95.6 Å². The van der Waals surface area contributed by atoms with Crippen LogP contribution < -0.4 is 10.6 Å². The van der Waals surface area contributed by atoms with Gasteiger partial charge in [-0.2, -0.15) is 0 Å². The molecule has 3 saturated heterocycles. The minimum absolute atomic E-state index is 0.299. The predicted octanol–water partition coefficient (Wildman–Crippen LogP) is 3.99. The number of benzene rings is 3. The summed E-state index contributed by atoms with van der Waals surface area (Å²) in [6.45, 7) is 3.46. The number of aryl methyl sites for hydroxylation is 2. The molecule has 6 rings (SSSR count). The van der Waals surface area contributed by atoms with Crippen molar-refractivity contribution in [1.82, 2.24) is 4.90 Å². The first-order valence-electron chi connectivity index (χ1n) is 13.7. The summed E-state index contributed by atoms with van der Waals surface area (Å²) in [5.74, 6) is -2.63. The molecule has 0 saturated carbocycles. The second-order valence-electron chi connectivity index (χ2n) is 11.0. The standard InChI is InChI=1S/C32H33N3O5/c1-19-10-9-11-20(2)27(19)34-30(38)28-32-17-16-24(40-32)25(29(37)33-22-14-7-4-8-15-22)26(32)31(39)35(28)23(18-36)21-12-5-3-6-13-21/h3-15,23-26,28,36H,16-18H2,1-2H3,(H,33,37)(H,34,38)/t23-,24+,25-,26+,28?,32?/m1/s1. The Morgan fingerprint density at radius 3 is 2.25 bits per heavy atom. The Hall–Kier alpha value is -4.01. The van der Waals surface area contributed by atoms with Gasteiger partial charge >= 0.3 is 0 Å². The van der Waals surface area contributed by atoms with Crippen LogP contribution in [0.15, 0.2) is 78.9 Å². The molecule has 8 nitrogen and oxygen atoms in total. The number of nitrogens with one attached hydrogen (secondary N) is 2. The molecule has 3 aromatic carbocycles. The molecule has 3 aliphatic heterocycles. The lowest BCUT2D eigenvalue weighted by atomic mass is 9.70. The largest absolute Gasteiger partial charge is 0.394 e. The van der Waals surface area contributed by atoms with Crippen molar-refractivity contribution < 1.29 is 24.2 Å². The maximum atomic E-state index is 14.4. The summed E-state index contributed by atoms with van der Waals surface area (Å²) >= 11 is 0. The number of aliphatic hydroxyl groups is 1. The quantitative estimate of drug-likeness (QED) is 0.421. The first-order chi connectivity index (χ1) is 19.4. The zero-order valence-corrected chi connectivity index (χ0v) is 22.5. The van der Waals surface area contributed by atoms with E-state index < -0.39 is 35.6 Å². The Balaban J connectivity index is 1.42. The molecular weight excluding hydrogens is 506 g/mol. The molecule has 2 bridgehead atoms. The zero-order valence-electron chi connectivity index (χ0n) is 22.5. The molecule has 6 atom stereocenters. The number of carbonyl (C=O) groups excluding carboxylic acids is 3. The second kappa shape index (κ2) is 10.2. The van der Waals surface area contributed by atoms with E-state index in [0.29, 0.717) is 29.8 Å². The average Bonchev–Trinajstić information content (AvgIpc) is 3.60. The van der Waals surface area contributed by atoms with E-state index in [2.05, 4.69) is 10.6 Å². The molecule has 3 aliphatic rings. The molecule has 0 aliphatic carbocycles. The van der Waals surface area contributed by atoms with Gasteiger partial charge in [-0.15, -0.1) is 0 Å². The van der Waals surface area contributed by atoms with Gasteiger partial charge in [-0.3, -0.25) is 14.4 Å². The molecule has 3 aromatic rings. The Kier molecular flexibility index (Phi) is 6.68. The van der Waals surface area contributed by atoms with E-state index in [1.54, 1.807) is 12.1 Å². The number of anilines is 2. The number of ether oxygens (including phenoxy) is 1. The van der Waals surface area contributed by atoms with E-state index in [-0.39, 0.29) is 24.3 Å². The second-order valence-corrected chi connectivity index (χ2v) is 11.0. The SMILES string of the molecule is Cc1cccc(C)c1NC(=O)C1N([C@H](CO)c2ccccc2)C(=O)[C@@H]2[C@H](C(=O)Nc3ccccc3)[C@@H]3CCC12O3. The van der Waals surface area contributed by atoms with Crippen molar-refractivity contribution >= 4 is 29.1 Å². The maximum Gasteiger partial charge on any atom is 0.250 e. The Morgan fingerprint density at radius 2 is 1.60 bits per heavy atom. The third-order valence-electron chi connectivity index (χ3n) is 8.75. The van der Waals surface area contributed by atoms with E-state index in [9.17, 15) is 19.5 Å². The van der Waals surface area contributed by atoms with Crippen LogP contribution in [0.1, 0.15) is 35.6 Å². The van der Waals surface area contributed by atoms with Gasteiger partial charge in [0.25, 0.3) is 0 Å². The molecule has 40 heavy (non-hydrogen) atoms. The molecule has 3 amide bonds. The van der Waals surface area contributed by atoms with Gasteiger partial charge in [0.05, 0.1) is 30.6 Å². The summed E-state index contributed by atoms with van der Waals surface area (Å²) in [6, 6.07) is 22.3. The molecule has 3 heterocycles. The molecule has 3 N–H and O–H groups in total. The van der Waals surface area contributed by atoms with Crippen molar-refractivity contribution in [2.75, 3.05) is 17.2 Å². The highest BCUT2D eigenvalue weighted by Crippen LogP contribution is 2.60. The van der Waals surface area contributed by atoms with Gasteiger partial charge in [0.15, 0.2) is 0 Å². The lowest BCUT2D eigenvalue weighted by Crippen LogP contribution is -2.54. The number of nitrogens with zero attached hydrogens (tertiary/aromatic N) is 1. The molecule has 0 aromatic heterocycles. The fourth-order valence-electron chi connectivity index (χ4n) is 7.01. The highest BCUT2D eigenvalue weighted by atomic mass is 16.5. The number of hydrogen-bond acceptors (Lipinski definition) is 5. The van der Waals surface area contributed by atoms with E-state index in [1.165, 1.54) is 4.90 Å². The third kappa shape index (κ3) is 4.10. The summed E-state index contributed by atoms with van der Waals surface area (Å²) in [4.78, 5) is 43.8. The fraction of sp³-hybridized carbons (Fsp3) is 0.344. The highest BCUT2D eigenvalue weighted by molar-refractivity contribution is 6.05. The number of likely N-dealkylation sites (tertiary alicyclic amines) is 1. The van der Waals surface area contributed by atoms with E-state index in [1.807, 2.05) is 80.6 Å². The molecule has 3 fully saturated rings. The number of aliphatic hydroxyl groups excluding tert-OH is 1. The predicted molar refractivity (Wildman–Crippen MR) is 150 cm³/mol. The first kappa shape index (κ1) is 26.2. The van der Waals surface area contributed by atoms with Crippen molar-refractivity contribution in [3.63, 3.8) is 0 Å². The van der Waals surface area contributed by atoms with Gasteiger partial charge < -0.3 is 25.4 Å². The van der Waals surface area contributed by atoms with Gasteiger partial charge in [0.1, 0.15) is 11.6 Å². The first-order valence-corrected chi connectivity index (χ1v) is 13.7. The van der Waals surface area contributed by atoms with Crippen molar-refractivity contribution in [1.29, 1.82) is 0 Å². The zero-order chi connectivity index (χ0) is 28.0. The van der Waals surface area contributed by atoms with Gasteiger partial charge in [0, 0.05) is 11.4 Å². The number of fused-ring (bicyclic) bond motifs is 1. The smallest absolute Gasteiger partial charge is 0.250 e. The van der Waals surface area contributed by atoms with Crippen LogP contribution in [-0.4, -0.2) is 52.1 Å². The van der Waals surface area contributed by atoms with Crippen LogP contribution in [-0.2, 0) is 19.1 Å². The van der Waals surface area contributed by atoms with Crippen LogP contribution in [0.4, 0.5) is 11.4 Å². The van der Waals surface area contributed by atoms with Gasteiger partial charge in [-0.25, -0.2) is 0 Å². The van der Waals surface area contributed by atoms with Crippen molar-refractivity contribution in [2.24, 2.45) is 11.8 Å². The monoisotopic (exact) mass is 539 g/mol. The summed E-state index contributed by atoms with van der Waals surface area (Å²) in [6.07, 6.45) is 0.559. The van der Waals surface area contributed by atoms with Gasteiger partial charge in [-0.05, 0) is 55.5 Å². The lowest BCUT2D eigenvalue weighted by Gasteiger charge is -2.37. The summed E-state index contributed by atoms with van der Waals surface area (Å²) < 4.78 is 6.55. The molecule has 2 unspecified atom stereocenters. The van der Waals surface area contributed by atoms with Crippen molar-refractivity contribution in [2.45, 2.75) is 50.5 Å². The van der Waals surface area contributed by atoms with Gasteiger partial charge in [0.2, 0.25) is 17.7 Å². The van der Waals surface area contributed by atoms with E-state index in [0.717, 1.165) is 11.1 Å². The Bertz CT molecular complexity index is 1430. The minimum atomic E-state index is -1.18. The van der Waals surface area contributed by atoms with Crippen LogP contribution in [0.2, 0.25) is 0 Å². The van der Waals surface area contributed by atoms with Crippen LogP contribution in [0.3, 0.4) is 0 Å². The molecule has 8 heteroatoms. The Morgan fingerprint density at radius 1 is 0.950 bits per heavy atom. The number of para-hydroxylation sites is 2. The van der Waals surface area contributed by atoms with E-state index >= 15 is 0 Å². The maximum absolute atomic E-state index is 14.4. The topological polar surface area (TPSA) is 108 Å². The van der Waals surface area contributed by atoms with Crippen LogP contribution in [0.25, 0.3) is 0 Å². The average molecular weight is 540 g/mol. The van der Waals surface area contributed by atoms with Crippen molar-refractivity contribution in [3.8, 4) is 0 Å². The molecule has 0 radical (unpaired) electrons. The minimum Gasteiger partial charge on any atom is -0.394 e. The number of amides is 3. The molecule has 206 valence electrons. The number of carbonyl (C=O) groups is 3. The summed E-state index contributed by atoms with van der Waals surface area (Å²) in [5, 5.41) is 16.6. The van der Waals surface area contributed by atoms with Crippen LogP contribution >= 0.6 is 0 Å². The normalized spacial score (nSPS) is 27.4. The van der Waals surface area contributed by atoms with Gasteiger partial charge in [-0.1, -0.05) is 66.7 Å². The third-order valence-corrected chi connectivity index (χ3v) is 8.75. The van der Waals surface area contributed by atoms with E-state index in [4.69, 9.17) is 4.74 Å². The lowest BCUT2D eigenvalue weighted by molar-refractivity contribution is -0.143. The number of hydrogen-bond donors (Lipinski definition) is 3. The summed E-state index contributed by atoms with van der Waals surface area (Å²) in [7, 11) is 0. The highest BCUT2D eigenvalue weighted by Gasteiger charge is 2.75.